The van der Waals surface area contributed by atoms with Crippen LogP contribution in [0, 0.1) is 6.58 Å². The van der Waals surface area contributed by atoms with Crippen LogP contribution < -0.4 is 48.0 Å². The van der Waals surface area contributed by atoms with Gasteiger partial charge >= 0.3 is 6.18 Å². The maximum atomic E-state index is 12.0. The molecule has 4 radical (unpaired) electrons. The molecular formula is C9H6F3I2In-2. The third kappa shape index (κ3) is 7.09. The summed E-state index contributed by atoms with van der Waals surface area (Å²) in [6, 6.07) is 7.29. The largest absolute Gasteiger partial charge is 1.00 e. The number of halogens is 5. The summed E-state index contributed by atoms with van der Waals surface area (Å²) in [5.41, 5.74) is -1.05. The van der Waals surface area contributed by atoms with E-state index in [-0.39, 0.29) is 79.4 Å². The molecule has 6 heteroatoms. The molecule has 0 saturated heterocycles. The molecule has 0 heterocycles. The molecule has 0 amide bonds. The summed E-state index contributed by atoms with van der Waals surface area (Å²) >= 11 is 0. The van der Waals surface area contributed by atoms with Gasteiger partial charge in [0.25, 0.3) is 0 Å². The molecule has 0 aromatic heterocycles. The van der Waals surface area contributed by atoms with Crippen molar-refractivity contribution in [3.05, 3.63) is 42.5 Å². The Hall–Kier alpha value is 1.08. The molecule has 0 nitrogen and oxygen atoms in total. The third-order valence-electron chi connectivity index (χ3n) is 1.39. The van der Waals surface area contributed by atoms with E-state index in [4.69, 9.17) is 6.58 Å². The standard InChI is InChI=1S/C9H6F3.2HI.In/c1-7(9(10,11)12)8-5-3-2-4-6-8;;;/h1-6H;2*1H;/p-2. The maximum Gasteiger partial charge on any atom is 0.416 e. The topological polar surface area (TPSA) is 0 Å². The van der Waals surface area contributed by atoms with Gasteiger partial charge in [-0.2, -0.15) is 13.2 Å². The summed E-state index contributed by atoms with van der Waals surface area (Å²) in [6.07, 6.45) is -4.44. The van der Waals surface area contributed by atoms with E-state index in [2.05, 4.69) is 0 Å². The number of hydrogen-bond donors (Lipinski definition) is 0. The van der Waals surface area contributed by atoms with Crippen LogP contribution in [-0.2, 0) is 0 Å². The minimum absolute atomic E-state index is 0. The normalized spacial score (nSPS) is 9.00. The average Bonchev–Trinajstić information content (AvgIpc) is 2.03. The molecule has 1 rings (SSSR count). The maximum absolute atomic E-state index is 12.0. The van der Waals surface area contributed by atoms with E-state index in [0.29, 0.717) is 0 Å². The molecular weight excluding hydrogens is 534 g/mol. The second-order valence-electron chi connectivity index (χ2n) is 2.28. The molecule has 0 N–H and O–H groups in total. The Balaban J connectivity index is -0.000000480. The number of hydrogen-bond acceptors (Lipinski definition) is 0. The van der Waals surface area contributed by atoms with E-state index in [1.54, 1.807) is 6.07 Å². The summed E-state index contributed by atoms with van der Waals surface area (Å²) in [4.78, 5) is 0. The monoisotopic (exact) mass is 540 g/mol. The van der Waals surface area contributed by atoms with Crippen LogP contribution in [0.15, 0.2) is 30.3 Å². The average molecular weight is 540 g/mol. The first-order valence-electron chi connectivity index (χ1n) is 3.27. The SMILES string of the molecule is [CH]=C(c1ccccc1)C(F)(F)F.[I-].[I-].[In]. The predicted octanol–water partition coefficient (Wildman–Crippen LogP) is -3.31. The molecule has 0 aliphatic heterocycles. The van der Waals surface area contributed by atoms with Crippen LogP contribution in [0.25, 0.3) is 5.57 Å². The molecule has 1 aromatic rings. The zero-order valence-corrected chi connectivity index (χ0v) is 15.0. The Kier molecular flexibility index (Phi) is 13.0. The van der Waals surface area contributed by atoms with Crippen LogP contribution in [0.2, 0.25) is 0 Å². The van der Waals surface area contributed by atoms with Crippen LogP contribution in [0.5, 0.6) is 0 Å². The number of alkyl halides is 3. The summed E-state index contributed by atoms with van der Waals surface area (Å²) < 4.78 is 35.9. The number of benzene rings is 1. The van der Waals surface area contributed by atoms with E-state index in [1.807, 2.05) is 0 Å². The van der Waals surface area contributed by atoms with Gasteiger partial charge in [0.15, 0.2) is 0 Å². The molecule has 0 unspecified atom stereocenters. The van der Waals surface area contributed by atoms with Crippen molar-refractivity contribution in [1.29, 1.82) is 0 Å². The smallest absolute Gasteiger partial charge is 0.416 e. The van der Waals surface area contributed by atoms with Crippen LogP contribution in [-0.4, -0.2) is 32.0 Å². The molecule has 0 fully saturated rings. The van der Waals surface area contributed by atoms with Crippen molar-refractivity contribution in [2.45, 2.75) is 6.18 Å². The Morgan fingerprint density at radius 3 is 1.73 bits per heavy atom. The molecule has 0 atom stereocenters. The Morgan fingerprint density at radius 1 is 1.00 bits per heavy atom. The fourth-order valence-corrected chi connectivity index (χ4v) is 0.781. The van der Waals surface area contributed by atoms with Crippen molar-refractivity contribution in [2.24, 2.45) is 0 Å². The van der Waals surface area contributed by atoms with Gasteiger partial charge in [-0.25, -0.2) is 0 Å². The van der Waals surface area contributed by atoms with Gasteiger partial charge in [-0.15, -0.1) is 0 Å². The van der Waals surface area contributed by atoms with Crippen molar-refractivity contribution in [3.63, 3.8) is 0 Å². The summed E-state index contributed by atoms with van der Waals surface area (Å²) in [5.74, 6) is 0. The van der Waals surface area contributed by atoms with Gasteiger partial charge in [0, 0.05) is 25.8 Å². The minimum Gasteiger partial charge on any atom is -1.00 e. The van der Waals surface area contributed by atoms with Crippen molar-refractivity contribution in [1.82, 2.24) is 0 Å². The fourth-order valence-electron chi connectivity index (χ4n) is 0.781. The van der Waals surface area contributed by atoms with E-state index < -0.39 is 11.7 Å². The molecule has 0 bridgehead atoms. The predicted molar refractivity (Wildman–Crippen MR) is 46.0 cm³/mol. The number of allylic oxidation sites excluding steroid dienone is 1. The molecule has 82 valence electrons. The van der Waals surface area contributed by atoms with Crippen molar-refractivity contribution in [3.8, 4) is 0 Å². The minimum atomic E-state index is -4.44. The van der Waals surface area contributed by atoms with E-state index >= 15 is 0 Å². The van der Waals surface area contributed by atoms with Gasteiger partial charge in [0.1, 0.15) is 0 Å². The summed E-state index contributed by atoms with van der Waals surface area (Å²) in [6.45, 7) is 4.86. The first kappa shape index (κ1) is 21.4. The first-order chi connectivity index (χ1) is 5.52. The molecule has 0 aliphatic rings. The zero-order valence-electron chi connectivity index (χ0n) is 7.43. The van der Waals surface area contributed by atoms with Gasteiger partial charge in [0.05, 0.1) is 5.57 Å². The summed E-state index contributed by atoms with van der Waals surface area (Å²) in [7, 11) is 0. The second-order valence-corrected chi connectivity index (χ2v) is 2.28. The number of rotatable bonds is 1. The Bertz CT molecular complexity index is 285. The van der Waals surface area contributed by atoms with Gasteiger partial charge in [-0.05, 0) is 12.1 Å². The third-order valence-corrected chi connectivity index (χ3v) is 1.39. The van der Waals surface area contributed by atoms with E-state index in [0.717, 1.165) is 0 Å². The molecule has 0 spiro atoms. The van der Waals surface area contributed by atoms with Gasteiger partial charge in [0.2, 0.25) is 0 Å². The van der Waals surface area contributed by atoms with Crippen molar-refractivity contribution < 1.29 is 61.1 Å². The van der Waals surface area contributed by atoms with Crippen LogP contribution >= 0.6 is 0 Å². The van der Waals surface area contributed by atoms with E-state index in [1.165, 1.54) is 24.3 Å². The quantitative estimate of drug-likeness (QED) is 0.328. The van der Waals surface area contributed by atoms with Crippen molar-refractivity contribution in [2.75, 3.05) is 0 Å². The fraction of sp³-hybridized carbons (Fsp3) is 0.111. The first-order valence-corrected chi connectivity index (χ1v) is 3.27. The molecule has 1 aromatic carbocycles. The van der Waals surface area contributed by atoms with Crippen LogP contribution in [0.1, 0.15) is 5.56 Å². The summed E-state index contributed by atoms with van der Waals surface area (Å²) in [5, 5.41) is 0. The molecule has 0 aliphatic carbocycles. The van der Waals surface area contributed by atoms with E-state index in [9.17, 15) is 13.2 Å². The van der Waals surface area contributed by atoms with Crippen LogP contribution in [0.3, 0.4) is 0 Å². The van der Waals surface area contributed by atoms with Crippen molar-refractivity contribution >= 4 is 31.4 Å². The van der Waals surface area contributed by atoms with Crippen LogP contribution in [0.4, 0.5) is 13.2 Å². The van der Waals surface area contributed by atoms with Gasteiger partial charge in [-0.1, -0.05) is 30.3 Å². The molecule has 0 saturated carbocycles. The molecule has 15 heavy (non-hydrogen) atoms. The Morgan fingerprint density at radius 2 is 1.40 bits per heavy atom. The van der Waals surface area contributed by atoms with Gasteiger partial charge in [-0.3, -0.25) is 0 Å². The van der Waals surface area contributed by atoms with Gasteiger partial charge < -0.3 is 48.0 Å². The second kappa shape index (κ2) is 9.15. The zero-order chi connectivity index (χ0) is 9.19. The Labute approximate surface area is 140 Å².